The highest BCUT2D eigenvalue weighted by atomic mass is 16.7. The predicted octanol–water partition coefficient (Wildman–Crippen LogP) is 1.96. The fraction of sp³-hybridized carbons (Fsp3) is 0.154. The van der Waals surface area contributed by atoms with Crippen molar-refractivity contribution in [2.75, 3.05) is 0 Å². The molecule has 0 aliphatic rings. The molecule has 5 heteroatoms. The van der Waals surface area contributed by atoms with E-state index in [0.717, 1.165) is 22.9 Å². The van der Waals surface area contributed by atoms with Crippen molar-refractivity contribution < 1.29 is 14.4 Å². The van der Waals surface area contributed by atoms with Gasteiger partial charge in [0.25, 0.3) is 0 Å². The summed E-state index contributed by atoms with van der Waals surface area (Å²) in [6, 6.07) is 5.58. The molecule has 0 spiro atoms. The number of hydrogen-bond acceptors (Lipinski definition) is 4. The molecule has 0 aliphatic carbocycles. The molecule has 2 rings (SSSR count). The minimum Gasteiger partial charge on any atom is -0.319 e. The van der Waals surface area contributed by atoms with Crippen LogP contribution in [0.25, 0.3) is 5.52 Å². The molecule has 2 heterocycles. The largest absolute Gasteiger partial charge is 0.331 e. The lowest BCUT2D eigenvalue weighted by molar-refractivity contribution is -0.140. The number of oxime groups is 1. The van der Waals surface area contributed by atoms with Crippen LogP contribution in [0.5, 0.6) is 0 Å². The first kappa shape index (κ1) is 12.0. The average molecular weight is 244 g/mol. The maximum Gasteiger partial charge on any atom is 0.331 e. The first-order valence-corrected chi connectivity index (χ1v) is 5.41. The van der Waals surface area contributed by atoms with Crippen molar-refractivity contribution in [3.63, 3.8) is 0 Å². The van der Waals surface area contributed by atoms with Gasteiger partial charge in [-0.25, -0.2) is 4.79 Å². The summed E-state index contributed by atoms with van der Waals surface area (Å²) in [7, 11) is 0. The number of pyridine rings is 1. The molecule has 0 unspecified atom stereocenters. The van der Waals surface area contributed by atoms with Crippen molar-refractivity contribution in [2.45, 2.75) is 13.8 Å². The first-order valence-electron chi connectivity index (χ1n) is 5.41. The number of rotatable bonds is 3. The van der Waals surface area contributed by atoms with Crippen molar-refractivity contribution in [3.05, 3.63) is 41.2 Å². The van der Waals surface area contributed by atoms with Gasteiger partial charge in [-0.15, -0.1) is 0 Å². The molecular formula is C13H12N2O3. The van der Waals surface area contributed by atoms with Gasteiger partial charge in [-0.3, -0.25) is 4.79 Å². The molecule has 5 nitrogen and oxygen atoms in total. The number of nitrogens with zero attached hydrogens (tertiary/aromatic N) is 2. The number of fused-ring (bicyclic) bond motifs is 1. The zero-order valence-corrected chi connectivity index (χ0v) is 10.1. The van der Waals surface area contributed by atoms with Crippen LogP contribution in [0, 0.1) is 6.92 Å². The van der Waals surface area contributed by atoms with Gasteiger partial charge < -0.3 is 9.24 Å². The normalized spacial score (nSPS) is 11.0. The van der Waals surface area contributed by atoms with E-state index in [1.807, 2.05) is 25.1 Å². The van der Waals surface area contributed by atoms with E-state index < -0.39 is 5.97 Å². The number of aldehydes is 1. The summed E-state index contributed by atoms with van der Waals surface area (Å²) >= 11 is 0. The van der Waals surface area contributed by atoms with Gasteiger partial charge in [-0.2, -0.15) is 0 Å². The van der Waals surface area contributed by atoms with Gasteiger partial charge in [0.15, 0.2) is 6.29 Å². The van der Waals surface area contributed by atoms with Crippen LogP contribution in [0.15, 0.2) is 29.6 Å². The molecule has 0 saturated heterocycles. The fourth-order valence-electron chi connectivity index (χ4n) is 1.84. The Morgan fingerprint density at radius 3 is 2.89 bits per heavy atom. The molecule has 0 fully saturated rings. The van der Waals surface area contributed by atoms with Crippen molar-refractivity contribution in [1.29, 1.82) is 0 Å². The van der Waals surface area contributed by atoms with E-state index >= 15 is 0 Å². The number of carbonyl (C=O) groups is 2. The molecular weight excluding hydrogens is 232 g/mol. The highest BCUT2D eigenvalue weighted by Gasteiger charge is 2.12. The summed E-state index contributed by atoms with van der Waals surface area (Å²) in [5.74, 6) is -0.483. The van der Waals surface area contributed by atoms with Crippen LogP contribution in [0.2, 0.25) is 0 Å². The van der Waals surface area contributed by atoms with Crippen LogP contribution in [-0.4, -0.2) is 22.9 Å². The van der Waals surface area contributed by atoms with Crippen LogP contribution >= 0.6 is 0 Å². The summed E-state index contributed by atoms with van der Waals surface area (Å²) in [4.78, 5) is 26.3. The summed E-state index contributed by atoms with van der Waals surface area (Å²) in [5, 5.41) is 3.60. The predicted molar refractivity (Wildman–Crippen MR) is 66.9 cm³/mol. The third-order valence-electron chi connectivity index (χ3n) is 2.66. The second-order valence-corrected chi connectivity index (χ2v) is 3.82. The summed E-state index contributed by atoms with van der Waals surface area (Å²) in [5.41, 5.74) is 2.97. The van der Waals surface area contributed by atoms with E-state index in [9.17, 15) is 9.59 Å². The van der Waals surface area contributed by atoms with E-state index in [2.05, 4.69) is 9.99 Å². The van der Waals surface area contributed by atoms with Crippen LogP contribution in [0.4, 0.5) is 0 Å². The zero-order chi connectivity index (χ0) is 13.1. The van der Waals surface area contributed by atoms with Crippen molar-refractivity contribution in [3.8, 4) is 0 Å². The Bertz CT molecular complexity index is 641. The third-order valence-corrected chi connectivity index (χ3v) is 2.66. The van der Waals surface area contributed by atoms with E-state index in [-0.39, 0.29) is 0 Å². The van der Waals surface area contributed by atoms with E-state index in [4.69, 9.17) is 0 Å². The Kier molecular flexibility index (Phi) is 3.23. The van der Waals surface area contributed by atoms with Crippen molar-refractivity contribution >= 4 is 24.0 Å². The maximum atomic E-state index is 11.1. The van der Waals surface area contributed by atoms with Crippen molar-refractivity contribution in [2.24, 2.45) is 5.16 Å². The van der Waals surface area contributed by atoms with Gasteiger partial charge in [-0.1, -0.05) is 11.2 Å². The molecule has 0 bridgehead atoms. The third kappa shape index (κ3) is 2.02. The van der Waals surface area contributed by atoms with Crippen molar-refractivity contribution in [1.82, 2.24) is 4.40 Å². The van der Waals surface area contributed by atoms with Gasteiger partial charge >= 0.3 is 5.97 Å². The van der Waals surface area contributed by atoms with Gasteiger partial charge in [-0.05, 0) is 24.6 Å². The summed E-state index contributed by atoms with van der Waals surface area (Å²) in [6.45, 7) is 3.10. The highest BCUT2D eigenvalue weighted by molar-refractivity contribution is 5.96. The topological polar surface area (TPSA) is 60.1 Å². The van der Waals surface area contributed by atoms with Crippen LogP contribution in [0.1, 0.15) is 28.5 Å². The number of aromatic nitrogens is 1. The Balaban J connectivity index is 2.56. The van der Waals surface area contributed by atoms with Crippen LogP contribution in [-0.2, 0) is 9.63 Å². The Morgan fingerprint density at radius 2 is 2.22 bits per heavy atom. The Morgan fingerprint density at radius 1 is 1.44 bits per heavy atom. The maximum absolute atomic E-state index is 11.1. The lowest BCUT2D eigenvalue weighted by atomic mass is 10.1. The van der Waals surface area contributed by atoms with Gasteiger partial charge in [0.2, 0.25) is 0 Å². The first-order chi connectivity index (χ1) is 8.65. The van der Waals surface area contributed by atoms with Crippen LogP contribution in [0.3, 0.4) is 0 Å². The second kappa shape index (κ2) is 4.83. The lowest BCUT2D eigenvalue weighted by Gasteiger charge is -1.95. The standard InChI is InChI=1S/C13H12N2O3/c1-9-11(7-14-18-10(2)17)12-5-3-4-6-15(12)13(9)8-16/h3-8H,1-2H3/b14-7+. The average Bonchev–Trinajstić information content (AvgIpc) is 2.62. The fourth-order valence-corrected chi connectivity index (χ4v) is 1.84. The SMILES string of the molecule is CC(=O)O/N=C/c1c(C)c(C=O)n2ccccc12. The second-order valence-electron chi connectivity index (χ2n) is 3.82. The highest BCUT2D eigenvalue weighted by Crippen LogP contribution is 2.20. The molecule has 0 amide bonds. The van der Waals surface area contributed by atoms with Gasteiger partial charge in [0, 0.05) is 18.7 Å². The molecule has 0 N–H and O–H groups in total. The lowest BCUT2D eigenvalue weighted by Crippen LogP contribution is -1.92. The summed E-state index contributed by atoms with van der Waals surface area (Å²) < 4.78 is 1.78. The van der Waals surface area contributed by atoms with E-state index in [1.165, 1.54) is 13.1 Å². The summed E-state index contributed by atoms with van der Waals surface area (Å²) in [6.07, 6.45) is 4.04. The molecule has 18 heavy (non-hydrogen) atoms. The van der Waals surface area contributed by atoms with E-state index in [0.29, 0.717) is 5.69 Å². The minimum atomic E-state index is -0.483. The van der Waals surface area contributed by atoms with E-state index in [1.54, 1.807) is 10.6 Å². The molecule has 0 aliphatic heterocycles. The quantitative estimate of drug-likeness (QED) is 0.359. The smallest absolute Gasteiger partial charge is 0.319 e. The molecule has 0 radical (unpaired) electrons. The van der Waals surface area contributed by atoms with Gasteiger partial charge in [0.1, 0.15) is 0 Å². The monoisotopic (exact) mass is 244 g/mol. The molecule has 2 aromatic heterocycles. The molecule has 2 aromatic rings. The van der Waals surface area contributed by atoms with Crippen LogP contribution < -0.4 is 0 Å². The number of hydrogen-bond donors (Lipinski definition) is 0. The molecule has 0 atom stereocenters. The molecule has 92 valence electrons. The van der Waals surface area contributed by atoms with Gasteiger partial charge in [0.05, 0.1) is 17.4 Å². The molecule has 0 aromatic carbocycles. The Hall–Kier alpha value is -2.43. The Labute approximate surface area is 104 Å². The number of carbonyl (C=O) groups excluding carboxylic acids is 2. The zero-order valence-electron chi connectivity index (χ0n) is 10.1. The molecule has 0 saturated carbocycles. The minimum absolute atomic E-state index is 0.483.